The van der Waals surface area contributed by atoms with Crippen molar-refractivity contribution in [3.05, 3.63) is 56.5 Å². The standard InChI is InChI=1S/C14H7BrCl2N2OS/c15-8-3-1-2-7(4-8)13(20)19-14-18-12-10(17)5-9(16)6-11(12)21-14/h1-6H,(H,18,19,20). The van der Waals surface area contributed by atoms with Gasteiger partial charge in [0.15, 0.2) is 5.13 Å². The van der Waals surface area contributed by atoms with Gasteiger partial charge < -0.3 is 0 Å². The molecule has 3 nitrogen and oxygen atoms in total. The number of fused-ring (bicyclic) bond motifs is 1. The third-order valence-electron chi connectivity index (χ3n) is 2.72. The van der Waals surface area contributed by atoms with E-state index in [4.69, 9.17) is 23.2 Å². The molecule has 1 heterocycles. The Bertz CT molecular complexity index is 850. The molecule has 0 unspecified atom stereocenters. The topological polar surface area (TPSA) is 42.0 Å². The van der Waals surface area contributed by atoms with Crippen molar-refractivity contribution < 1.29 is 4.79 Å². The van der Waals surface area contributed by atoms with Gasteiger partial charge in [-0.1, -0.05) is 56.5 Å². The average molecular weight is 402 g/mol. The lowest BCUT2D eigenvalue weighted by Gasteiger charge is -2.01. The lowest BCUT2D eigenvalue weighted by atomic mass is 10.2. The lowest BCUT2D eigenvalue weighted by Crippen LogP contribution is -2.11. The first kappa shape index (κ1) is 14.8. The Morgan fingerprint density at radius 2 is 2.05 bits per heavy atom. The molecule has 0 aliphatic carbocycles. The number of nitrogens with zero attached hydrogens (tertiary/aromatic N) is 1. The van der Waals surface area contributed by atoms with Crippen molar-refractivity contribution in [2.75, 3.05) is 5.32 Å². The number of carbonyl (C=O) groups is 1. The van der Waals surface area contributed by atoms with Crippen molar-refractivity contribution in [2.24, 2.45) is 0 Å². The predicted octanol–water partition coefficient (Wildman–Crippen LogP) is 5.62. The number of thiazole rings is 1. The fraction of sp³-hybridized carbons (Fsp3) is 0. The van der Waals surface area contributed by atoms with E-state index in [0.29, 0.717) is 26.3 Å². The number of aromatic nitrogens is 1. The molecular formula is C14H7BrCl2N2OS. The highest BCUT2D eigenvalue weighted by Crippen LogP contribution is 2.33. The van der Waals surface area contributed by atoms with Crippen LogP contribution in [0, 0.1) is 0 Å². The van der Waals surface area contributed by atoms with E-state index in [-0.39, 0.29) is 5.91 Å². The summed E-state index contributed by atoms with van der Waals surface area (Å²) in [6, 6.07) is 10.5. The summed E-state index contributed by atoms with van der Waals surface area (Å²) in [5, 5.41) is 4.26. The third-order valence-corrected chi connectivity index (χ3v) is 4.64. The number of rotatable bonds is 2. The van der Waals surface area contributed by atoms with Crippen molar-refractivity contribution in [3.63, 3.8) is 0 Å². The summed E-state index contributed by atoms with van der Waals surface area (Å²) >= 11 is 16.7. The molecule has 1 aromatic heterocycles. The van der Waals surface area contributed by atoms with Gasteiger partial charge in [-0.25, -0.2) is 4.98 Å². The predicted molar refractivity (Wildman–Crippen MR) is 91.7 cm³/mol. The summed E-state index contributed by atoms with van der Waals surface area (Å²) < 4.78 is 1.67. The Hall–Kier alpha value is -1.14. The van der Waals surface area contributed by atoms with Gasteiger partial charge in [0, 0.05) is 15.1 Å². The second-order valence-electron chi connectivity index (χ2n) is 4.22. The van der Waals surface area contributed by atoms with Crippen LogP contribution in [-0.4, -0.2) is 10.9 Å². The molecule has 0 spiro atoms. The van der Waals surface area contributed by atoms with Crippen LogP contribution in [0.5, 0.6) is 0 Å². The molecule has 7 heteroatoms. The zero-order valence-corrected chi connectivity index (χ0v) is 14.3. The number of halogens is 3. The van der Waals surface area contributed by atoms with Gasteiger partial charge in [-0.15, -0.1) is 0 Å². The minimum atomic E-state index is -0.224. The summed E-state index contributed by atoms with van der Waals surface area (Å²) in [6.45, 7) is 0. The van der Waals surface area contributed by atoms with Gasteiger partial charge in [0.25, 0.3) is 5.91 Å². The SMILES string of the molecule is O=C(Nc1nc2c(Cl)cc(Cl)cc2s1)c1cccc(Br)c1. The molecule has 106 valence electrons. The summed E-state index contributed by atoms with van der Waals surface area (Å²) in [6.07, 6.45) is 0. The Kier molecular flexibility index (Phi) is 4.17. The zero-order chi connectivity index (χ0) is 15.0. The van der Waals surface area contributed by atoms with Crippen molar-refractivity contribution in [3.8, 4) is 0 Å². The molecule has 3 rings (SSSR count). The first-order chi connectivity index (χ1) is 10.0. The van der Waals surface area contributed by atoms with E-state index in [9.17, 15) is 4.79 Å². The number of hydrogen-bond acceptors (Lipinski definition) is 3. The molecule has 1 N–H and O–H groups in total. The Labute approximate surface area is 143 Å². The van der Waals surface area contributed by atoms with Crippen molar-refractivity contribution >= 4 is 71.7 Å². The number of nitrogens with one attached hydrogen (secondary N) is 1. The second-order valence-corrected chi connectivity index (χ2v) is 7.01. The van der Waals surface area contributed by atoms with Crippen LogP contribution >= 0.6 is 50.5 Å². The Morgan fingerprint density at radius 1 is 1.24 bits per heavy atom. The molecule has 0 atom stereocenters. The first-order valence-electron chi connectivity index (χ1n) is 5.85. The molecule has 0 aliphatic rings. The van der Waals surface area contributed by atoms with Crippen LogP contribution in [-0.2, 0) is 0 Å². The quantitative estimate of drug-likeness (QED) is 0.605. The van der Waals surface area contributed by atoms with E-state index in [1.54, 1.807) is 30.3 Å². The van der Waals surface area contributed by atoms with Crippen LogP contribution in [0.4, 0.5) is 5.13 Å². The maximum atomic E-state index is 12.2. The molecule has 0 saturated carbocycles. The number of benzene rings is 2. The highest BCUT2D eigenvalue weighted by molar-refractivity contribution is 9.10. The number of anilines is 1. The van der Waals surface area contributed by atoms with E-state index in [0.717, 1.165) is 9.17 Å². The highest BCUT2D eigenvalue weighted by atomic mass is 79.9. The van der Waals surface area contributed by atoms with Gasteiger partial charge in [-0.05, 0) is 30.3 Å². The fourth-order valence-corrected chi connectivity index (χ4v) is 3.79. The van der Waals surface area contributed by atoms with Crippen molar-refractivity contribution in [1.29, 1.82) is 0 Å². The number of carbonyl (C=O) groups excluding carboxylic acids is 1. The lowest BCUT2D eigenvalue weighted by molar-refractivity contribution is 0.102. The smallest absolute Gasteiger partial charge is 0.257 e. The molecule has 21 heavy (non-hydrogen) atoms. The largest absolute Gasteiger partial charge is 0.298 e. The Morgan fingerprint density at radius 3 is 2.81 bits per heavy atom. The second kappa shape index (κ2) is 5.93. The molecule has 0 fully saturated rings. The van der Waals surface area contributed by atoms with E-state index < -0.39 is 0 Å². The van der Waals surface area contributed by atoms with Crippen molar-refractivity contribution in [1.82, 2.24) is 4.98 Å². The summed E-state index contributed by atoms with van der Waals surface area (Å²) in [5.74, 6) is -0.224. The maximum absolute atomic E-state index is 12.2. The molecule has 0 bridgehead atoms. The van der Waals surface area contributed by atoms with E-state index in [2.05, 4.69) is 26.2 Å². The first-order valence-corrected chi connectivity index (χ1v) is 8.22. The molecular weight excluding hydrogens is 395 g/mol. The van der Waals surface area contributed by atoms with Crippen LogP contribution in [0.15, 0.2) is 40.9 Å². The van der Waals surface area contributed by atoms with Crippen LogP contribution in [0.25, 0.3) is 10.2 Å². The van der Waals surface area contributed by atoms with Gasteiger partial charge >= 0.3 is 0 Å². The monoisotopic (exact) mass is 400 g/mol. The molecule has 0 aliphatic heterocycles. The summed E-state index contributed by atoms with van der Waals surface area (Å²) in [4.78, 5) is 16.5. The molecule has 3 aromatic rings. The van der Waals surface area contributed by atoms with Crippen LogP contribution < -0.4 is 5.32 Å². The molecule has 1 amide bonds. The van der Waals surface area contributed by atoms with E-state index in [1.807, 2.05) is 6.07 Å². The average Bonchev–Trinajstić information content (AvgIpc) is 2.81. The highest BCUT2D eigenvalue weighted by Gasteiger charge is 2.12. The fourth-order valence-electron chi connectivity index (χ4n) is 1.81. The van der Waals surface area contributed by atoms with Gasteiger partial charge in [0.1, 0.15) is 5.52 Å². The van der Waals surface area contributed by atoms with E-state index in [1.165, 1.54) is 11.3 Å². The number of hydrogen-bond donors (Lipinski definition) is 1. The Balaban J connectivity index is 1.91. The number of amides is 1. The normalized spacial score (nSPS) is 10.8. The summed E-state index contributed by atoms with van der Waals surface area (Å²) in [5.41, 5.74) is 1.18. The molecule has 0 radical (unpaired) electrons. The molecule has 2 aromatic carbocycles. The van der Waals surface area contributed by atoms with Crippen molar-refractivity contribution in [2.45, 2.75) is 0 Å². The van der Waals surface area contributed by atoms with E-state index >= 15 is 0 Å². The van der Waals surface area contributed by atoms with Crippen LogP contribution in [0.3, 0.4) is 0 Å². The van der Waals surface area contributed by atoms with Crippen LogP contribution in [0.1, 0.15) is 10.4 Å². The summed E-state index contributed by atoms with van der Waals surface area (Å²) in [7, 11) is 0. The van der Waals surface area contributed by atoms with Gasteiger partial charge in [-0.3, -0.25) is 10.1 Å². The third kappa shape index (κ3) is 3.21. The molecule has 0 saturated heterocycles. The van der Waals surface area contributed by atoms with Gasteiger partial charge in [0.2, 0.25) is 0 Å². The van der Waals surface area contributed by atoms with Gasteiger partial charge in [-0.2, -0.15) is 0 Å². The zero-order valence-electron chi connectivity index (χ0n) is 10.4. The maximum Gasteiger partial charge on any atom is 0.257 e. The minimum absolute atomic E-state index is 0.224. The van der Waals surface area contributed by atoms with Gasteiger partial charge in [0.05, 0.1) is 9.72 Å². The minimum Gasteiger partial charge on any atom is -0.298 e. The van der Waals surface area contributed by atoms with Crippen LogP contribution in [0.2, 0.25) is 10.0 Å².